The molecular formula is C22H25N5O. The molecule has 2 aromatic carbocycles. The van der Waals surface area contributed by atoms with E-state index in [2.05, 4.69) is 51.6 Å². The zero-order chi connectivity index (χ0) is 19.3. The van der Waals surface area contributed by atoms with E-state index in [1.54, 1.807) is 4.68 Å². The highest BCUT2D eigenvalue weighted by Gasteiger charge is 2.26. The van der Waals surface area contributed by atoms with Gasteiger partial charge >= 0.3 is 0 Å². The quantitative estimate of drug-likeness (QED) is 0.688. The van der Waals surface area contributed by atoms with Crippen molar-refractivity contribution in [3.8, 4) is 0 Å². The molecule has 6 heteroatoms. The Labute approximate surface area is 165 Å². The van der Waals surface area contributed by atoms with Crippen molar-refractivity contribution >= 4 is 5.91 Å². The summed E-state index contributed by atoms with van der Waals surface area (Å²) >= 11 is 0. The number of rotatable bonds is 5. The first-order chi connectivity index (χ1) is 13.7. The molecule has 1 aromatic heterocycles. The van der Waals surface area contributed by atoms with Gasteiger partial charge in [-0.3, -0.25) is 9.69 Å². The van der Waals surface area contributed by atoms with Crippen molar-refractivity contribution in [2.24, 2.45) is 0 Å². The summed E-state index contributed by atoms with van der Waals surface area (Å²) in [6.07, 6.45) is 0. The highest BCUT2D eigenvalue weighted by Crippen LogP contribution is 2.14. The van der Waals surface area contributed by atoms with Crippen LogP contribution in [0.25, 0.3) is 0 Å². The fourth-order valence-corrected chi connectivity index (χ4v) is 3.56. The highest BCUT2D eigenvalue weighted by atomic mass is 16.2. The Kier molecular flexibility index (Phi) is 5.48. The molecule has 0 saturated carbocycles. The standard InChI is InChI=1S/C22H25N5O/c1-18-21(23-24-27(18)17-20-10-6-3-7-11-20)22(28)26-14-12-25(13-15-26)16-19-8-4-2-5-9-19/h2-11H,12-17H2,1H3. The fraction of sp³-hybridized carbons (Fsp3) is 0.318. The van der Waals surface area contributed by atoms with E-state index in [9.17, 15) is 4.79 Å². The van der Waals surface area contributed by atoms with E-state index >= 15 is 0 Å². The molecule has 2 heterocycles. The first kappa shape index (κ1) is 18.4. The van der Waals surface area contributed by atoms with Gasteiger partial charge in [-0.25, -0.2) is 4.68 Å². The van der Waals surface area contributed by atoms with Crippen LogP contribution in [0, 0.1) is 6.92 Å². The first-order valence-corrected chi connectivity index (χ1v) is 9.70. The molecule has 1 saturated heterocycles. The van der Waals surface area contributed by atoms with Crippen molar-refractivity contribution in [2.45, 2.75) is 20.0 Å². The highest BCUT2D eigenvalue weighted by molar-refractivity contribution is 5.93. The smallest absolute Gasteiger partial charge is 0.276 e. The van der Waals surface area contributed by atoms with Gasteiger partial charge in [0.2, 0.25) is 0 Å². The number of aromatic nitrogens is 3. The summed E-state index contributed by atoms with van der Waals surface area (Å²) in [4.78, 5) is 17.2. The van der Waals surface area contributed by atoms with Gasteiger partial charge in [-0.2, -0.15) is 0 Å². The van der Waals surface area contributed by atoms with Crippen molar-refractivity contribution < 1.29 is 4.79 Å². The minimum absolute atomic E-state index is 0.0174. The molecule has 28 heavy (non-hydrogen) atoms. The van der Waals surface area contributed by atoms with Gasteiger partial charge in [0, 0.05) is 32.7 Å². The van der Waals surface area contributed by atoms with Crippen molar-refractivity contribution in [2.75, 3.05) is 26.2 Å². The average Bonchev–Trinajstić information content (AvgIpc) is 3.10. The third-order valence-corrected chi connectivity index (χ3v) is 5.27. The molecule has 0 aliphatic carbocycles. The first-order valence-electron chi connectivity index (χ1n) is 9.70. The number of piperazine rings is 1. The molecule has 144 valence electrons. The van der Waals surface area contributed by atoms with Crippen LogP contribution < -0.4 is 0 Å². The van der Waals surface area contributed by atoms with Gasteiger partial charge in [-0.15, -0.1) is 5.10 Å². The zero-order valence-electron chi connectivity index (χ0n) is 16.2. The van der Waals surface area contributed by atoms with E-state index in [1.807, 2.05) is 36.1 Å². The maximum atomic E-state index is 12.9. The maximum absolute atomic E-state index is 12.9. The molecule has 0 radical (unpaired) electrons. The Balaban J connectivity index is 1.36. The Morgan fingerprint density at radius 1 is 0.857 bits per heavy atom. The third-order valence-electron chi connectivity index (χ3n) is 5.27. The van der Waals surface area contributed by atoms with E-state index in [4.69, 9.17) is 0 Å². The lowest BCUT2D eigenvalue weighted by molar-refractivity contribution is 0.0622. The van der Waals surface area contributed by atoms with Crippen LogP contribution in [0.1, 0.15) is 27.3 Å². The third kappa shape index (κ3) is 4.12. The second-order valence-corrected chi connectivity index (χ2v) is 7.22. The molecule has 0 unspecified atom stereocenters. The van der Waals surface area contributed by atoms with Gasteiger partial charge in [0.1, 0.15) is 0 Å². The minimum Gasteiger partial charge on any atom is -0.335 e. The van der Waals surface area contributed by atoms with Crippen LogP contribution in [0.5, 0.6) is 0 Å². The van der Waals surface area contributed by atoms with Gasteiger partial charge in [0.05, 0.1) is 12.2 Å². The summed E-state index contributed by atoms with van der Waals surface area (Å²) in [5.41, 5.74) is 3.74. The Morgan fingerprint density at radius 2 is 1.43 bits per heavy atom. The molecule has 3 aromatic rings. The summed E-state index contributed by atoms with van der Waals surface area (Å²) < 4.78 is 1.80. The summed E-state index contributed by atoms with van der Waals surface area (Å²) in [6.45, 7) is 6.65. The van der Waals surface area contributed by atoms with E-state index in [1.165, 1.54) is 5.56 Å². The van der Waals surface area contributed by atoms with Crippen LogP contribution in [0.3, 0.4) is 0 Å². The van der Waals surface area contributed by atoms with Crippen molar-refractivity contribution in [3.05, 3.63) is 83.2 Å². The molecule has 6 nitrogen and oxygen atoms in total. The number of carbonyl (C=O) groups excluding carboxylic acids is 1. The van der Waals surface area contributed by atoms with Gasteiger partial charge in [-0.05, 0) is 18.1 Å². The number of hydrogen-bond donors (Lipinski definition) is 0. The topological polar surface area (TPSA) is 54.3 Å². The number of nitrogens with zero attached hydrogens (tertiary/aromatic N) is 5. The van der Waals surface area contributed by atoms with Crippen molar-refractivity contribution in [1.82, 2.24) is 24.8 Å². The van der Waals surface area contributed by atoms with Crippen molar-refractivity contribution in [1.29, 1.82) is 0 Å². The number of carbonyl (C=O) groups is 1. The maximum Gasteiger partial charge on any atom is 0.276 e. The van der Waals surface area contributed by atoms with Gasteiger partial charge in [0.25, 0.3) is 5.91 Å². The molecule has 1 aliphatic rings. The van der Waals surface area contributed by atoms with Crippen molar-refractivity contribution in [3.63, 3.8) is 0 Å². The molecular weight excluding hydrogens is 350 g/mol. The number of amides is 1. The minimum atomic E-state index is -0.0174. The Morgan fingerprint density at radius 3 is 2.04 bits per heavy atom. The molecule has 1 amide bonds. The predicted molar refractivity (Wildman–Crippen MR) is 108 cm³/mol. The van der Waals surface area contributed by atoms with Gasteiger partial charge in [-0.1, -0.05) is 65.9 Å². The van der Waals surface area contributed by atoms with Crippen LogP contribution in [0.15, 0.2) is 60.7 Å². The molecule has 0 bridgehead atoms. The van der Waals surface area contributed by atoms with Crippen LogP contribution in [0.4, 0.5) is 0 Å². The summed E-state index contributed by atoms with van der Waals surface area (Å²) in [5, 5.41) is 8.39. The average molecular weight is 375 g/mol. The lowest BCUT2D eigenvalue weighted by Gasteiger charge is -2.34. The zero-order valence-corrected chi connectivity index (χ0v) is 16.2. The van der Waals surface area contributed by atoms with E-state index < -0.39 is 0 Å². The lowest BCUT2D eigenvalue weighted by Crippen LogP contribution is -2.48. The molecule has 0 N–H and O–H groups in total. The van der Waals surface area contributed by atoms with Gasteiger partial charge in [0.15, 0.2) is 5.69 Å². The molecule has 1 aliphatic heterocycles. The monoisotopic (exact) mass is 375 g/mol. The van der Waals surface area contributed by atoms with Crippen LogP contribution >= 0.6 is 0 Å². The summed E-state index contributed by atoms with van der Waals surface area (Å²) in [5.74, 6) is -0.0174. The number of hydrogen-bond acceptors (Lipinski definition) is 4. The molecule has 1 fully saturated rings. The van der Waals surface area contributed by atoms with E-state index in [0.717, 1.165) is 44.0 Å². The Hall–Kier alpha value is -2.99. The largest absolute Gasteiger partial charge is 0.335 e. The van der Waals surface area contributed by atoms with Gasteiger partial charge < -0.3 is 4.90 Å². The van der Waals surface area contributed by atoms with E-state index in [-0.39, 0.29) is 5.91 Å². The summed E-state index contributed by atoms with van der Waals surface area (Å²) in [6, 6.07) is 20.6. The Bertz CT molecular complexity index is 915. The predicted octanol–water partition coefficient (Wildman–Crippen LogP) is 2.59. The summed E-state index contributed by atoms with van der Waals surface area (Å²) in [7, 11) is 0. The molecule has 0 spiro atoms. The molecule has 4 rings (SSSR count). The van der Waals surface area contributed by atoms with Crippen LogP contribution in [-0.2, 0) is 13.1 Å². The van der Waals surface area contributed by atoms with E-state index in [0.29, 0.717) is 12.2 Å². The SMILES string of the molecule is Cc1c(C(=O)N2CCN(Cc3ccccc3)CC2)nnn1Cc1ccccc1. The van der Waals surface area contributed by atoms with Crippen LogP contribution in [-0.4, -0.2) is 56.9 Å². The second kappa shape index (κ2) is 8.35. The lowest BCUT2D eigenvalue weighted by atomic mass is 10.2. The number of benzene rings is 2. The normalized spacial score (nSPS) is 15.0. The van der Waals surface area contributed by atoms with Crippen LogP contribution in [0.2, 0.25) is 0 Å². The molecule has 0 atom stereocenters. The fourth-order valence-electron chi connectivity index (χ4n) is 3.56. The second-order valence-electron chi connectivity index (χ2n) is 7.22.